The van der Waals surface area contributed by atoms with E-state index in [1.165, 1.54) is 23.1 Å². The van der Waals surface area contributed by atoms with E-state index >= 15 is 0 Å². The van der Waals surface area contributed by atoms with Gasteiger partial charge in [-0.2, -0.15) is 0 Å². The molecule has 1 atom stereocenters. The summed E-state index contributed by atoms with van der Waals surface area (Å²) in [4.78, 5) is 49.5. The molecule has 4 aromatic carbocycles. The van der Waals surface area contributed by atoms with Crippen LogP contribution in [0.15, 0.2) is 150 Å². The number of hydrogen-bond donors (Lipinski definition) is 3. The van der Waals surface area contributed by atoms with Gasteiger partial charge in [0.15, 0.2) is 5.13 Å². The number of hydrogen-bond acceptors (Lipinski definition) is 7. The SMILES string of the molecule is O=C(Nc1ccc(SC(C(=O)Nc2nc(-c3ccc(Cl)cc3)cs2)c2ccccc2)cc1)/C(=C/c1cccnc1)NC(=O)c1ccccc1. The molecule has 49 heavy (non-hydrogen) atoms. The Balaban J connectivity index is 1.16. The third-order valence-electron chi connectivity index (χ3n) is 7.11. The number of carbonyl (C=O) groups is 3. The molecule has 0 fully saturated rings. The summed E-state index contributed by atoms with van der Waals surface area (Å²) in [5.41, 5.74) is 4.12. The molecule has 11 heteroatoms. The Hall–Kier alpha value is -5.55. The molecule has 0 bridgehead atoms. The molecule has 0 aliphatic carbocycles. The first-order valence-electron chi connectivity index (χ1n) is 15.0. The van der Waals surface area contributed by atoms with Gasteiger partial charge in [-0.05, 0) is 71.8 Å². The maximum atomic E-state index is 13.7. The lowest BCUT2D eigenvalue weighted by atomic mass is 10.1. The molecule has 0 radical (unpaired) electrons. The molecule has 1 unspecified atom stereocenters. The van der Waals surface area contributed by atoms with Gasteiger partial charge in [-0.1, -0.05) is 78.3 Å². The van der Waals surface area contributed by atoms with Gasteiger partial charge in [0.1, 0.15) is 10.9 Å². The van der Waals surface area contributed by atoms with Crippen molar-refractivity contribution in [3.63, 3.8) is 0 Å². The third-order valence-corrected chi connectivity index (χ3v) is 9.38. The van der Waals surface area contributed by atoms with Crippen LogP contribution in [-0.4, -0.2) is 27.7 Å². The van der Waals surface area contributed by atoms with Crippen molar-refractivity contribution in [2.24, 2.45) is 0 Å². The molecule has 8 nitrogen and oxygen atoms in total. The maximum Gasteiger partial charge on any atom is 0.272 e. The fraction of sp³-hybridized carbons (Fsp3) is 0.0263. The largest absolute Gasteiger partial charge is 0.321 e. The summed E-state index contributed by atoms with van der Waals surface area (Å²) in [6.07, 6.45) is 4.79. The molecular weight excluding hydrogens is 674 g/mol. The van der Waals surface area contributed by atoms with Crippen LogP contribution in [0.5, 0.6) is 0 Å². The smallest absolute Gasteiger partial charge is 0.272 e. The summed E-state index contributed by atoms with van der Waals surface area (Å²) in [5, 5.41) is 11.0. The van der Waals surface area contributed by atoms with Crippen molar-refractivity contribution in [3.8, 4) is 11.3 Å². The maximum absolute atomic E-state index is 13.7. The number of pyridine rings is 1. The number of nitrogens with one attached hydrogen (secondary N) is 3. The molecule has 3 amide bonds. The van der Waals surface area contributed by atoms with E-state index in [0.29, 0.717) is 27.0 Å². The van der Waals surface area contributed by atoms with E-state index in [0.717, 1.165) is 21.7 Å². The van der Waals surface area contributed by atoms with E-state index in [9.17, 15) is 14.4 Å². The van der Waals surface area contributed by atoms with Gasteiger partial charge in [0.2, 0.25) is 5.91 Å². The van der Waals surface area contributed by atoms with E-state index in [4.69, 9.17) is 11.6 Å². The van der Waals surface area contributed by atoms with Gasteiger partial charge in [0, 0.05) is 44.5 Å². The van der Waals surface area contributed by atoms with Crippen molar-refractivity contribution >= 4 is 69.3 Å². The third kappa shape index (κ3) is 9.08. The second-order valence-corrected chi connectivity index (χ2v) is 13.1. The Kier molecular flexibility index (Phi) is 10.9. The van der Waals surface area contributed by atoms with Crippen LogP contribution in [0, 0.1) is 0 Å². The number of anilines is 2. The van der Waals surface area contributed by atoms with E-state index < -0.39 is 17.1 Å². The van der Waals surface area contributed by atoms with Gasteiger partial charge in [-0.3, -0.25) is 19.4 Å². The van der Waals surface area contributed by atoms with Gasteiger partial charge in [0.25, 0.3) is 11.8 Å². The van der Waals surface area contributed by atoms with Crippen molar-refractivity contribution in [3.05, 3.63) is 167 Å². The number of thiazole rings is 1. The number of amides is 3. The Morgan fingerprint density at radius 3 is 2.20 bits per heavy atom. The topological polar surface area (TPSA) is 113 Å². The quantitative estimate of drug-likeness (QED) is 0.0920. The first kappa shape index (κ1) is 33.4. The van der Waals surface area contributed by atoms with E-state index in [-0.39, 0.29) is 11.6 Å². The molecule has 0 saturated heterocycles. The highest BCUT2D eigenvalue weighted by Gasteiger charge is 2.23. The molecule has 3 N–H and O–H groups in total. The normalized spacial score (nSPS) is 11.7. The molecule has 2 heterocycles. The van der Waals surface area contributed by atoms with Gasteiger partial charge >= 0.3 is 0 Å². The highest BCUT2D eigenvalue weighted by atomic mass is 35.5. The Bertz CT molecular complexity index is 2070. The number of aromatic nitrogens is 2. The van der Waals surface area contributed by atoms with Gasteiger partial charge in [-0.15, -0.1) is 23.1 Å². The highest BCUT2D eigenvalue weighted by molar-refractivity contribution is 8.00. The second-order valence-electron chi connectivity index (χ2n) is 10.6. The summed E-state index contributed by atoms with van der Waals surface area (Å²) < 4.78 is 0. The van der Waals surface area contributed by atoms with Crippen LogP contribution >= 0.6 is 34.7 Å². The zero-order valence-corrected chi connectivity index (χ0v) is 28.1. The standard InChI is InChI=1S/C38H28ClN5O3S2/c39-29-15-13-26(14-16-29)33-24-48-38(43-33)44-37(47)34(27-9-3-1-4-10-27)49-31-19-17-30(18-20-31)41-36(46)32(22-25-8-7-21-40-23-25)42-35(45)28-11-5-2-6-12-28/h1-24,34H,(H,41,46)(H,42,45)(H,43,44,47)/b32-22-. The molecule has 6 aromatic rings. The fourth-order valence-corrected chi connectivity index (χ4v) is 6.55. The average Bonchev–Trinajstić information content (AvgIpc) is 3.60. The summed E-state index contributed by atoms with van der Waals surface area (Å²) in [6.45, 7) is 0. The highest BCUT2D eigenvalue weighted by Crippen LogP contribution is 2.37. The monoisotopic (exact) mass is 701 g/mol. The van der Waals surface area contributed by atoms with Gasteiger partial charge in [0.05, 0.1) is 5.69 Å². The summed E-state index contributed by atoms with van der Waals surface area (Å²) >= 11 is 8.75. The molecule has 6 rings (SSSR count). The molecule has 0 saturated carbocycles. The first-order valence-corrected chi connectivity index (χ1v) is 17.2. The van der Waals surface area contributed by atoms with Crippen LogP contribution in [0.25, 0.3) is 17.3 Å². The lowest BCUT2D eigenvalue weighted by molar-refractivity contribution is -0.116. The van der Waals surface area contributed by atoms with Crippen molar-refractivity contribution < 1.29 is 14.4 Å². The minimum absolute atomic E-state index is 0.0579. The predicted molar refractivity (Wildman–Crippen MR) is 197 cm³/mol. The minimum atomic E-state index is -0.577. The fourth-order valence-electron chi connectivity index (χ4n) is 4.68. The van der Waals surface area contributed by atoms with E-state index in [1.807, 2.05) is 66.0 Å². The zero-order valence-electron chi connectivity index (χ0n) is 25.7. The Morgan fingerprint density at radius 1 is 0.796 bits per heavy atom. The van der Waals surface area contributed by atoms with Crippen LogP contribution in [0.4, 0.5) is 10.8 Å². The first-order chi connectivity index (χ1) is 23.9. The number of thioether (sulfide) groups is 1. The summed E-state index contributed by atoms with van der Waals surface area (Å²) in [5.74, 6) is -1.14. The zero-order chi connectivity index (χ0) is 34.0. The van der Waals surface area contributed by atoms with Gasteiger partial charge < -0.3 is 16.0 Å². The molecular formula is C38H28ClN5O3S2. The van der Waals surface area contributed by atoms with Gasteiger partial charge in [-0.25, -0.2) is 4.98 Å². The predicted octanol–water partition coefficient (Wildman–Crippen LogP) is 8.74. The number of carbonyl (C=O) groups excluding carboxylic acids is 3. The van der Waals surface area contributed by atoms with E-state index in [2.05, 4.69) is 25.9 Å². The van der Waals surface area contributed by atoms with Crippen LogP contribution in [0.1, 0.15) is 26.7 Å². The van der Waals surface area contributed by atoms with Crippen LogP contribution in [0.2, 0.25) is 5.02 Å². The lowest BCUT2D eigenvalue weighted by Gasteiger charge is -2.17. The molecule has 2 aromatic heterocycles. The average molecular weight is 702 g/mol. The number of nitrogens with zero attached hydrogens (tertiary/aromatic N) is 2. The molecule has 242 valence electrons. The van der Waals surface area contributed by atoms with Crippen molar-refractivity contribution in [2.75, 3.05) is 10.6 Å². The second kappa shape index (κ2) is 16.0. The number of benzene rings is 4. The van der Waals surface area contributed by atoms with E-state index in [1.54, 1.807) is 79.1 Å². The molecule has 0 spiro atoms. The minimum Gasteiger partial charge on any atom is -0.321 e. The van der Waals surface area contributed by atoms with Crippen molar-refractivity contribution in [1.29, 1.82) is 0 Å². The van der Waals surface area contributed by atoms with Crippen molar-refractivity contribution in [2.45, 2.75) is 10.1 Å². The van der Waals surface area contributed by atoms with Crippen LogP contribution in [-0.2, 0) is 9.59 Å². The number of rotatable bonds is 11. The van der Waals surface area contributed by atoms with Crippen molar-refractivity contribution in [1.82, 2.24) is 15.3 Å². The summed E-state index contributed by atoms with van der Waals surface area (Å²) in [7, 11) is 0. The molecule has 0 aliphatic rings. The number of halogens is 1. The Morgan fingerprint density at radius 2 is 1.51 bits per heavy atom. The summed E-state index contributed by atoms with van der Waals surface area (Å²) in [6, 6.07) is 36.2. The molecule has 0 aliphatic heterocycles. The van der Waals surface area contributed by atoms with Crippen LogP contribution < -0.4 is 16.0 Å². The van der Waals surface area contributed by atoms with Crippen LogP contribution in [0.3, 0.4) is 0 Å². The Labute approximate surface area is 296 Å². The lowest BCUT2D eigenvalue weighted by Crippen LogP contribution is -2.30.